The summed E-state index contributed by atoms with van der Waals surface area (Å²) in [6.45, 7) is 5.76. The molecule has 1 aliphatic rings. The number of ether oxygens (including phenoxy) is 2. The van der Waals surface area contributed by atoms with Crippen LogP contribution >= 0.6 is 0 Å². The molecule has 1 heterocycles. The van der Waals surface area contributed by atoms with E-state index in [1.54, 1.807) is 37.3 Å². The summed E-state index contributed by atoms with van der Waals surface area (Å²) in [7, 11) is 0. The van der Waals surface area contributed by atoms with E-state index in [0.29, 0.717) is 35.7 Å². The van der Waals surface area contributed by atoms with Crippen molar-refractivity contribution in [1.82, 2.24) is 0 Å². The van der Waals surface area contributed by atoms with Gasteiger partial charge in [-0.15, -0.1) is 0 Å². The number of cyclic esters (lactones) is 1. The van der Waals surface area contributed by atoms with Gasteiger partial charge in [0, 0.05) is 24.1 Å². The van der Waals surface area contributed by atoms with Crippen LogP contribution < -0.4 is 15.4 Å². The molecule has 0 spiro atoms. The van der Waals surface area contributed by atoms with Crippen molar-refractivity contribution < 1.29 is 23.9 Å². The minimum Gasteiger partial charge on any atom is -0.492 e. The lowest BCUT2D eigenvalue weighted by Crippen LogP contribution is -2.40. The van der Waals surface area contributed by atoms with Gasteiger partial charge in [0.15, 0.2) is 5.60 Å². The summed E-state index contributed by atoms with van der Waals surface area (Å²) in [6, 6.07) is 12.2. The number of amides is 2. The molecule has 2 aromatic carbocycles. The minimum atomic E-state index is -1.20. The number of carbonyl (C=O) groups excluding carboxylic acids is 3. The Hall–Kier alpha value is -3.35. The molecule has 0 aromatic heterocycles. The molecule has 1 fully saturated rings. The third-order valence-electron chi connectivity index (χ3n) is 4.81. The number of hydrogen-bond donors (Lipinski definition) is 2. The van der Waals surface area contributed by atoms with Gasteiger partial charge in [-0.25, -0.2) is 0 Å². The van der Waals surface area contributed by atoms with Gasteiger partial charge in [0.05, 0.1) is 12.3 Å². The van der Waals surface area contributed by atoms with Crippen molar-refractivity contribution in [3.8, 4) is 5.75 Å². The third kappa shape index (κ3) is 4.56. The zero-order valence-corrected chi connectivity index (χ0v) is 16.7. The number of rotatable bonds is 6. The van der Waals surface area contributed by atoms with Crippen LogP contribution in [0.5, 0.6) is 5.75 Å². The third-order valence-corrected chi connectivity index (χ3v) is 4.81. The van der Waals surface area contributed by atoms with Crippen molar-refractivity contribution in [2.24, 2.45) is 0 Å². The smallest absolute Gasteiger partial charge is 0.307 e. The molecule has 152 valence electrons. The predicted octanol–water partition coefficient (Wildman–Crippen LogP) is 3.68. The van der Waals surface area contributed by atoms with E-state index in [0.717, 1.165) is 5.56 Å². The quantitative estimate of drug-likeness (QED) is 0.727. The van der Waals surface area contributed by atoms with Crippen molar-refractivity contribution in [3.63, 3.8) is 0 Å². The van der Waals surface area contributed by atoms with Crippen LogP contribution in [-0.2, 0) is 14.3 Å². The lowest BCUT2D eigenvalue weighted by Gasteiger charge is -2.22. The summed E-state index contributed by atoms with van der Waals surface area (Å²) in [6.07, 6.45) is 0.537. The number of benzene rings is 2. The number of aryl methyl sites for hydroxylation is 1. The first-order valence-electron chi connectivity index (χ1n) is 9.49. The second-order valence-corrected chi connectivity index (χ2v) is 7.07. The normalized spacial score (nSPS) is 18.1. The average molecular weight is 396 g/mol. The molecular weight excluding hydrogens is 372 g/mol. The number of esters is 1. The fourth-order valence-corrected chi connectivity index (χ4v) is 3.05. The number of nitrogens with one attached hydrogen (secondary N) is 2. The zero-order valence-electron chi connectivity index (χ0n) is 16.7. The van der Waals surface area contributed by atoms with E-state index >= 15 is 0 Å². The summed E-state index contributed by atoms with van der Waals surface area (Å²) in [5, 5.41) is 5.62. The Balaban J connectivity index is 1.77. The van der Waals surface area contributed by atoms with Crippen LogP contribution in [-0.4, -0.2) is 30.0 Å². The van der Waals surface area contributed by atoms with Crippen LogP contribution in [0.1, 0.15) is 42.6 Å². The lowest BCUT2D eigenvalue weighted by molar-refractivity contribution is -0.154. The summed E-state index contributed by atoms with van der Waals surface area (Å²) >= 11 is 0. The second-order valence-electron chi connectivity index (χ2n) is 7.07. The minimum absolute atomic E-state index is 0.213. The van der Waals surface area contributed by atoms with E-state index in [-0.39, 0.29) is 18.3 Å². The highest BCUT2D eigenvalue weighted by Crippen LogP contribution is 2.29. The van der Waals surface area contributed by atoms with Crippen molar-refractivity contribution in [3.05, 3.63) is 53.6 Å². The first-order chi connectivity index (χ1) is 13.8. The first kappa shape index (κ1) is 20.4. The van der Waals surface area contributed by atoms with Gasteiger partial charge in [0.2, 0.25) is 0 Å². The Morgan fingerprint density at radius 3 is 2.59 bits per heavy atom. The monoisotopic (exact) mass is 396 g/mol. The largest absolute Gasteiger partial charge is 0.492 e. The molecule has 2 aromatic rings. The molecule has 1 saturated heterocycles. The molecule has 2 amide bonds. The lowest BCUT2D eigenvalue weighted by atomic mass is 10.0. The van der Waals surface area contributed by atoms with Gasteiger partial charge in [-0.2, -0.15) is 0 Å². The maximum Gasteiger partial charge on any atom is 0.307 e. The Kier molecular flexibility index (Phi) is 5.87. The van der Waals surface area contributed by atoms with Crippen LogP contribution in [0, 0.1) is 6.92 Å². The molecule has 7 nitrogen and oxygen atoms in total. The number of carbonyl (C=O) groups is 3. The molecule has 1 unspecified atom stereocenters. The van der Waals surface area contributed by atoms with Crippen molar-refractivity contribution in [2.75, 3.05) is 17.2 Å². The van der Waals surface area contributed by atoms with Gasteiger partial charge < -0.3 is 20.1 Å². The second kappa shape index (κ2) is 8.34. The molecule has 1 aliphatic heterocycles. The Labute approximate surface area is 169 Å². The molecule has 2 N–H and O–H groups in total. The zero-order chi connectivity index (χ0) is 21.0. The molecule has 3 rings (SSSR count). The van der Waals surface area contributed by atoms with E-state index in [9.17, 15) is 14.4 Å². The summed E-state index contributed by atoms with van der Waals surface area (Å²) in [5.41, 5.74) is 1.03. The van der Waals surface area contributed by atoms with Crippen LogP contribution in [0.2, 0.25) is 0 Å². The van der Waals surface area contributed by atoms with Crippen LogP contribution in [0.25, 0.3) is 0 Å². The highest BCUT2D eigenvalue weighted by molar-refractivity contribution is 6.07. The molecular formula is C22H24N2O5. The molecule has 1 atom stereocenters. The first-order valence-corrected chi connectivity index (χ1v) is 9.49. The van der Waals surface area contributed by atoms with Gasteiger partial charge >= 0.3 is 5.97 Å². The fourth-order valence-electron chi connectivity index (χ4n) is 3.05. The SMILES string of the molecule is CCOc1ccccc1NC(=O)c1ccc(C)c(NC(=O)C2(C)CCC(=O)O2)c1. The van der Waals surface area contributed by atoms with Crippen molar-refractivity contribution >= 4 is 29.2 Å². The van der Waals surface area contributed by atoms with E-state index in [2.05, 4.69) is 10.6 Å². The molecule has 0 bridgehead atoms. The van der Waals surface area contributed by atoms with E-state index < -0.39 is 11.5 Å². The molecule has 0 aliphatic carbocycles. The number of hydrogen-bond acceptors (Lipinski definition) is 5. The summed E-state index contributed by atoms with van der Waals surface area (Å²) < 4.78 is 10.7. The van der Waals surface area contributed by atoms with E-state index in [1.807, 2.05) is 26.0 Å². The Morgan fingerprint density at radius 2 is 1.90 bits per heavy atom. The highest BCUT2D eigenvalue weighted by Gasteiger charge is 2.42. The standard InChI is InChI=1S/C22H24N2O5/c1-4-28-18-8-6-5-7-16(18)23-20(26)15-10-9-14(2)17(13-15)24-21(27)22(3)12-11-19(25)29-22/h5-10,13H,4,11-12H2,1-3H3,(H,23,26)(H,24,27). The molecule has 29 heavy (non-hydrogen) atoms. The molecule has 0 saturated carbocycles. The Morgan fingerprint density at radius 1 is 1.14 bits per heavy atom. The van der Waals surface area contributed by atoms with Gasteiger partial charge in [-0.3, -0.25) is 14.4 Å². The molecule has 0 radical (unpaired) electrons. The topological polar surface area (TPSA) is 93.7 Å². The van der Waals surface area contributed by atoms with Gasteiger partial charge in [-0.05, 0) is 50.6 Å². The van der Waals surface area contributed by atoms with Crippen molar-refractivity contribution in [2.45, 2.75) is 39.2 Å². The van der Waals surface area contributed by atoms with Crippen LogP contribution in [0.4, 0.5) is 11.4 Å². The maximum absolute atomic E-state index is 12.7. The number of para-hydroxylation sites is 2. The summed E-state index contributed by atoms with van der Waals surface area (Å²) in [4.78, 5) is 36.8. The predicted molar refractivity (Wildman–Crippen MR) is 109 cm³/mol. The molecule has 7 heteroatoms. The summed E-state index contributed by atoms with van der Waals surface area (Å²) in [5.74, 6) is -0.544. The van der Waals surface area contributed by atoms with Crippen LogP contribution in [0.3, 0.4) is 0 Å². The van der Waals surface area contributed by atoms with Gasteiger partial charge in [0.1, 0.15) is 5.75 Å². The fraction of sp³-hybridized carbons (Fsp3) is 0.318. The number of anilines is 2. The van der Waals surface area contributed by atoms with Gasteiger partial charge in [0.25, 0.3) is 11.8 Å². The van der Waals surface area contributed by atoms with E-state index in [1.165, 1.54) is 0 Å². The maximum atomic E-state index is 12.7. The van der Waals surface area contributed by atoms with Gasteiger partial charge in [-0.1, -0.05) is 18.2 Å². The highest BCUT2D eigenvalue weighted by atomic mass is 16.6. The Bertz CT molecular complexity index is 956. The van der Waals surface area contributed by atoms with Crippen LogP contribution in [0.15, 0.2) is 42.5 Å². The average Bonchev–Trinajstić information content (AvgIpc) is 3.05. The van der Waals surface area contributed by atoms with E-state index in [4.69, 9.17) is 9.47 Å². The van der Waals surface area contributed by atoms with Crippen molar-refractivity contribution in [1.29, 1.82) is 0 Å².